The van der Waals surface area contributed by atoms with Crippen LogP contribution in [0.25, 0.3) is 0 Å². The highest BCUT2D eigenvalue weighted by atomic mass is 35.5. The molecule has 0 saturated carbocycles. The van der Waals surface area contributed by atoms with Crippen LogP contribution >= 0.6 is 11.6 Å². The number of benzene rings is 2. The second kappa shape index (κ2) is 7.49. The highest BCUT2D eigenvalue weighted by Crippen LogP contribution is 2.23. The van der Waals surface area contributed by atoms with Crippen LogP contribution < -0.4 is 0 Å². The second-order valence-electron chi connectivity index (χ2n) is 5.87. The summed E-state index contributed by atoms with van der Waals surface area (Å²) in [7, 11) is -4.04. The SMILES string of the molecule is O=C(c1c(F)cccc1Cl)N1CCN(S(=O)(=O)c2ccc(F)c(F)c2)CC1. The summed E-state index contributed by atoms with van der Waals surface area (Å²) < 4.78 is 66.5. The minimum Gasteiger partial charge on any atom is -0.336 e. The molecule has 0 atom stereocenters. The lowest BCUT2D eigenvalue weighted by Gasteiger charge is -2.34. The molecule has 1 aliphatic heterocycles. The fourth-order valence-electron chi connectivity index (χ4n) is 2.78. The molecular formula is C17H14ClF3N2O3S. The first-order valence-electron chi connectivity index (χ1n) is 7.90. The number of hydrogen-bond donors (Lipinski definition) is 0. The Morgan fingerprint density at radius 3 is 2.19 bits per heavy atom. The third kappa shape index (κ3) is 3.80. The highest BCUT2D eigenvalue weighted by Gasteiger charge is 2.32. The Labute approximate surface area is 159 Å². The summed E-state index contributed by atoms with van der Waals surface area (Å²) in [5.74, 6) is -3.81. The van der Waals surface area contributed by atoms with Crippen LogP contribution in [0.2, 0.25) is 5.02 Å². The van der Waals surface area contributed by atoms with Gasteiger partial charge in [-0.1, -0.05) is 17.7 Å². The third-order valence-corrected chi connectivity index (χ3v) is 6.44. The van der Waals surface area contributed by atoms with Gasteiger partial charge in [-0.25, -0.2) is 21.6 Å². The van der Waals surface area contributed by atoms with E-state index in [0.29, 0.717) is 6.07 Å². The first-order chi connectivity index (χ1) is 12.7. The molecule has 1 heterocycles. The zero-order chi connectivity index (χ0) is 19.8. The summed E-state index contributed by atoms with van der Waals surface area (Å²) in [6.07, 6.45) is 0. The molecule has 2 aromatic rings. The number of sulfonamides is 1. The number of carbonyl (C=O) groups excluding carboxylic acids is 1. The maximum atomic E-state index is 13.9. The predicted octanol–water partition coefficient (Wildman–Crippen LogP) is 2.90. The molecular weight excluding hydrogens is 405 g/mol. The van der Waals surface area contributed by atoms with Crippen molar-refractivity contribution in [2.75, 3.05) is 26.2 Å². The number of halogens is 4. The van der Waals surface area contributed by atoms with Crippen molar-refractivity contribution in [3.63, 3.8) is 0 Å². The van der Waals surface area contributed by atoms with Crippen LogP contribution in [0.5, 0.6) is 0 Å². The maximum Gasteiger partial charge on any atom is 0.258 e. The van der Waals surface area contributed by atoms with Crippen LogP contribution in [0.4, 0.5) is 13.2 Å². The van der Waals surface area contributed by atoms with Gasteiger partial charge in [0.25, 0.3) is 5.91 Å². The average molecular weight is 419 g/mol. The van der Waals surface area contributed by atoms with Gasteiger partial charge in [-0.2, -0.15) is 4.31 Å². The van der Waals surface area contributed by atoms with E-state index >= 15 is 0 Å². The van der Waals surface area contributed by atoms with Crippen LogP contribution in [0.1, 0.15) is 10.4 Å². The Kier molecular flexibility index (Phi) is 5.45. The van der Waals surface area contributed by atoms with Gasteiger partial charge in [0.15, 0.2) is 11.6 Å². The predicted molar refractivity (Wildman–Crippen MR) is 92.4 cm³/mol. The monoisotopic (exact) mass is 418 g/mol. The van der Waals surface area contributed by atoms with Gasteiger partial charge in [0, 0.05) is 26.2 Å². The van der Waals surface area contributed by atoms with E-state index in [1.165, 1.54) is 17.0 Å². The van der Waals surface area contributed by atoms with Crippen LogP contribution in [-0.2, 0) is 10.0 Å². The van der Waals surface area contributed by atoms with E-state index in [4.69, 9.17) is 11.6 Å². The number of nitrogens with zero attached hydrogens (tertiary/aromatic N) is 2. The summed E-state index contributed by atoms with van der Waals surface area (Å²) in [5, 5.41) is -0.0307. The summed E-state index contributed by atoms with van der Waals surface area (Å²) in [6.45, 7) is -0.128. The molecule has 0 unspecified atom stereocenters. The molecule has 0 aromatic heterocycles. The molecule has 0 bridgehead atoms. The van der Waals surface area contributed by atoms with Gasteiger partial charge in [0.2, 0.25) is 10.0 Å². The summed E-state index contributed by atoms with van der Waals surface area (Å²) in [6, 6.07) is 6.21. The average Bonchev–Trinajstić information content (AvgIpc) is 2.63. The minimum atomic E-state index is -4.04. The van der Waals surface area contributed by atoms with Crippen molar-refractivity contribution in [2.24, 2.45) is 0 Å². The van der Waals surface area contributed by atoms with Crippen molar-refractivity contribution in [1.82, 2.24) is 9.21 Å². The second-order valence-corrected chi connectivity index (χ2v) is 8.21. The maximum absolute atomic E-state index is 13.9. The summed E-state index contributed by atoms with van der Waals surface area (Å²) in [5.41, 5.74) is -0.268. The lowest BCUT2D eigenvalue weighted by Crippen LogP contribution is -2.50. The molecule has 0 spiro atoms. The van der Waals surface area contributed by atoms with Crippen molar-refractivity contribution in [1.29, 1.82) is 0 Å². The molecule has 27 heavy (non-hydrogen) atoms. The molecule has 0 N–H and O–H groups in total. The number of amides is 1. The van der Waals surface area contributed by atoms with Gasteiger partial charge >= 0.3 is 0 Å². The van der Waals surface area contributed by atoms with E-state index in [1.54, 1.807) is 0 Å². The fourth-order valence-corrected chi connectivity index (χ4v) is 4.46. The minimum absolute atomic E-state index is 0.00635. The Morgan fingerprint density at radius 1 is 0.926 bits per heavy atom. The lowest BCUT2D eigenvalue weighted by molar-refractivity contribution is 0.0693. The van der Waals surface area contributed by atoms with Gasteiger partial charge in [-0.05, 0) is 30.3 Å². The topological polar surface area (TPSA) is 57.7 Å². The van der Waals surface area contributed by atoms with Crippen molar-refractivity contribution < 1.29 is 26.4 Å². The number of hydrogen-bond acceptors (Lipinski definition) is 3. The Hall–Kier alpha value is -2.10. The highest BCUT2D eigenvalue weighted by molar-refractivity contribution is 7.89. The Bertz CT molecular complexity index is 973. The molecule has 1 amide bonds. The summed E-state index contributed by atoms with van der Waals surface area (Å²) in [4.78, 5) is 13.4. The van der Waals surface area contributed by atoms with E-state index in [0.717, 1.165) is 22.5 Å². The molecule has 10 heteroatoms. The van der Waals surface area contributed by atoms with Crippen LogP contribution in [0.15, 0.2) is 41.3 Å². The molecule has 1 aliphatic rings. The van der Waals surface area contributed by atoms with Crippen LogP contribution in [0, 0.1) is 17.5 Å². The van der Waals surface area contributed by atoms with Crippen molar-refractivity contribution in [3.05, 3.63) is 64.4 Å². The van der Waals surface area contributed by atoms with Crippen molar-refractivity contribution in [3.8, 4) is 0 Å². The van der Waals surface area contributed by atoms with Gasteiger partial charge < -0.3 is 4.90 Å². The normalized spacial score (nSPS) is 15.8. The largest absolute Gasteiger partial charge is 0.336 e. The molecule has 1 saturated heterocycles. The molecule has 1 fully saturated rings. The van der Waals surface area contributed by atoms with E-state index in [2.05, 4.69) is 0 Å². The van der Waals surface area contributed by atoms with Gasteiger partial charge in [0.05, 0.1) is 15.5 Å². The van der Waals surface area contributed by atoms with Gasteiger partial charge in [0.1, 0.15) is 5.82 Å². The first-order valence-corrected chi connectivity index (χ1v) is 9.72. The molecule has 5 nitrogen and oxygen atoms in total. The number of carbonyl (C=O) groups is 1. The van der Waals surface area contributed by atoms with Gasteiger partial charge in [-0.3, -0.25) is 4.79 Å². The quantitative estimate of drug-likeness (QED) is 0.770. The number of rotatable bonds is 3. The zero-order valence-electron chi connectivity index (χ0n) is 13.8. The van der Waals surface area contributed by atoms with E-state index < -0.39 is 33.4 Å². The third-order valence-electron chi connectivity index (χ3n) is 4.23. The smallest absolute Gasteiger partial charge is 0.258 e. The zero-order valence-corrected chi connectivity index (χ0v) is 15.4. The fraction of sp³-hybridized carbons (Fsp3) is 0.235. The first kappa shape index (κ1) is 19.7. The van der Waals surface area contributed by atoms with E-state index in [9.17, 15) is 26.4 Å². The summed E-state index contributed by atoms with van der Waals surface area (Å²) >= 11 is 5.89. The van der Waals surface area contributed by atoms with Crippen LogP contribution in [-0.4, -0.2) is 49.7 Å². The molecule has 0 radical (unpaired) electrons. The van der Waals surface area contributed by atoms with Crippen molar-refractivity contribution in [2.45, 2.75) is 4.90 Å². The molecule has 0 aliphatic carbocycles. The van der Waals surface area contributed by atoms with E-state index in [-0.39, 0.29) is 41.7 Å². The van der Waals surface area contributed by atoms with E-state index in [1.807, 2.05) is 0 Å². The molecule has 2 aromatic carbocycles. The standard InChI is InChI=1S/C17H14ClF3N2O3S/c18-12-2-1-3-14(20)16(12)17(24)22-6-8-23(9-7-22)27(25,26)11-4-5-13(19)15(21)10-11/h1-5,10H,6-9H2. The lowest BCUT2D eigenvalue weighted by atomic mass is 10.1. The Morgan fingerprint density at radius 2 is 1.59 bits per heavy atom. The van der Waals surface area contributed by atoms with Crippen LogP contribution in [0.3, 0.4) is 0 Å². The molecule has 3 rings (SSSR count). The molecule has 144 valence electrons. The Balaban J connectivity index is 1.75. The number of piperazine rings is 1. The van der Waals surface area contributed by atoms with Crippen molar-refractivity contribution >= 4 is 27.5 Å². The van der Waals surface area contributed by atoms with Gasteiger partial charge in [-0.15, -0.1) is 0 Å².